The minimum Gasteiger partial charge on any atom is -0.330 e. The van der Waals surface area contributed by atoms with Gasteiger partial charge in [-0.25, -0.2) is 0 Å². The first-order chi connectivity index (χ1) is 7.72. The molecule has 0 radical (unpaired) electrons. The van der Waals surface area contributed by atoms with Crippen LogP contribution in [-0.2, 0) is 0 Å². The molecule has 0 atom stereocenters. The lowest BCUT2D eigenvalue weighted by molar-refractivity contribution is 0.706. The van der Waals surface area contributed by atoms with Gasteiger partial charge in [0.15, 0.2) is 0 Å². The molecule has 0 bridgehead atoms. The molecule has 0 unspecified atom stereocenters. The summed E-state index contributed by atoms with van der Waals surface area (Å²) in [6.07, 6.45) is 3.07. The molecule has 0 spiro atoms. The highest BCUT2D eigenvalue weighted by Gasteiger charge is 2.18. The van der Waals surface area contributed by atoms with E-state index in [1.807, 2.05) is 30.0 Å². The van der Waals surface area contributed by atoms with Crippen molar-refractivity contribution in [3.05, 3.63) is 29.3 Å². The Bertz CT molecular complexity index is 457. The van der Waals surface area contributed by atoms with Crippen molar-refractivity contribution >= 4 is 11.5 Å². The van der Waals surface area contributed by atoms with Crippen molar-refractivity contribution < 1.29 is 0 Å². The normalized spacial score (nSPS) is 16.0. The maximum atomic E-state index is 8.90. The molecule has 0 saturated carbocycles. The fourth-order valence-corrected chi connectivity index (χ4v) is 2.07. The molecule has 2 rings (SSSR count). The number of piperidine rings is 1. The van der Waals surface area contributed by atoms with Crippen molar-refractivity contribution in [2.45, 2.75) is 26.2 Å². The van der Waals surface area contributed by atoms with Crippen LogP contribution in [0.15, 0.2) is 18.2 Å². The van der Waals surface area contributed by atoms with Gasteiger partial charge in [-0.05, 0) is 37.5 Å². The quantitative estimate of drug-likeness (QED) is 0.779. The summed E-state index contributed by atoms with van der Waals surface area (Å²) < 4.78 is 0. The summed E-state index contributed by atoms with van der Waals surface area (Å²) in [5.74, 6) is 0.671. The summed E-state index contributed by atoms with van der Waals surface area (Å²) in [4.78, 5) is 2.03. The Hall–Kier alpha value is -1.82. The summed E-state index contributed by atoms with van der Waals surface area (Å²) in [5.41, 5.74) is 2.81. The van der Waals surface area contributed by atoms with Gasteiger partial charge in [0.2, 0.25) is 0 Å². The van der Waals surface area contributed by atoms with Crippen LogP contribution < -0.4 is 4.90 Å². The van der Waals surface area contributed by atoms with Crippen LogP contribution in [-0.4, -0.2) is 12.4 Å². The Balaban J connectivity index is 2.38. The van der Waals surface area contributed by atoms with Crippen LogP contribution in [0, 0.1) is 23.7 Å². The lowest BCUT2D eigenvalue weighted by Crippen LogP contribution is -2.35. The van der Waals surface area contributed by atoms with E-state index < -0.39 is 0 Å². The van der Waals surface area contributed by atoms with Crippen molar-refractivity contribution in [3.63, 3.8) is 0 Å². The second kappa shape index (κ2) is 4.36. The predicted octanol–water partition coefficient (Wildman–Crippen LogP) is 2.83. The van der Waals surface area contributed by atoms with Crippen molar-refractivity contribution in [2.24, 2.45) is 0 Å². The third-order valence-electron chi connectivity index (χ3n) is 3.00. The zero-order chi connectivity index (χ0) is 11.5. The molecule has 3 heteroatoms. The van der Waals surface area contributed by atoms with Gasteiger partial charge in [0.25, 0.3) is 0 Å². The maximum absolute atomic E-state index is 8.90. The van der Waals surface area contributed by atoms with E-state index in [4.69, 9.17) is 10.7 Å². The first-order valence-corrected chi connectivity index (χ1v) is 5.58. The number of hydrogen-bond donors (Lipinski definition) is 1. The summed E-state index contributed by atoms with van der Waals surface area (Å²) >= 11 is 0. The minimum atomic E-state index is 0.666. The zero-order valence-corrected chi connectivity index (χ0v) is 9.45. The molecule has 1 aromatic carbocycles. The number of benzene rings is 1. The number of rotatable bonds is 1. The van der Waals surface area contributed by atoms with Gasteiger partial charge in [-0.3, -0.25) is 5.41 Å². The molecule has 16 heavy (non-hydrogen) atoms. The summed E-state index contributed by atoms with van der Waals surface area (Å²) in [6, 6.07) is 7.82. The van der Waals surface area contributed by atoms with Crippen LogP contribution in [0.3, 0.4) is 0 Å². The lowest BCUT2D eigenvalue weighted by atomic mass is 10.0. The molecule has 82 valence electrons. The first-order valence-electron chi connectivity index (χ1n) is 5.58. The van der Waals surface area contributed by atoms with E-state index in [0.717, 1.165) is 37.1 Å². The molecule has 0 aromatic heterocycles. The van der Waals surface area contributed by atoms with E-state index in [-0.39, 0.29) is 0 Å². The molecule has 3 nitrogen and oxygen atoms in total. The minimum absolute atomic E-state index is 0.666. The molecule has 1 aliphatic rings. The Morgan fingerprint density at radius 3 is 2.88 bits per heavy atom. The van der Waals surface area contributed by atoms with Crippen molar-refractivity contribution in [1.82, 2.24) is 0 Å². The molecule has 1 fully saturated rings. The van der Waals surface area contributed by atoms with Gasteiger partial charge in [-0.1, -0.05) is 6.07 Å². The van der Waals surface area contributed by atoms with Gasteiger partial charge in [-0.15, -0.1) is 0 Å². The molecule has 0 amide bonds. The zero-order valence-electron chi connectivity index (χ0n) is 9.45. The lowest BCUT2D eigenvalue weighted by Gasteiger charge is -2.30. The van der Waals surface area contributed by atoms with Crippen molar-refractivity contribution in [1.29, 1.82) is 10.7 Å². The topological polar surface area (TPSA) is 50.9 Å². The average molecular weight is 213 g/mol. The molecule has 1 aliphatic heterocycles. The third-order valence-corrected chi connectivity index (χ3v) is 3.00. The molecular formula is C13H15N3. The third kappa shape index (κ3) is 1.92. The highest BCUT2D eigenvalue weighted by Crippen LogP contribution is 2.25. The molecule has 1 aromatic rings. The Morgan fingerprint density at radius 1 is 1.38 bits per heavy atom. The summed E-state index contributed by atoms with van der Waals surface area (Å²) in [6.45, 7) is 2.92. The molecular weight excluding hydrogens is 198 g/mol. The molecule has 1 saturated heterocycles. The van der Waals surface area contributed by atoms with Crippen LogP contribution >= 0.6 is 0 Å². The number of nitrogens with one attached hydrogen (secondary N) is 1. The van der Waals surface area contributed by atoms with Crippen LogP contribution in [0.2, 0.25) is 0 Å². The molecule has 0 aliphatic carbocycles. The Labute approximate surface area is 95.8 Å². The molecule has 1 heterocycles. The maximum Gasteiger partial charge on any atom is 0.100 e. The van der Waals surface area contributed by atoms with Crippen molar-refractivity contribution in [3.8, 4) is 6.07 Å². The number of nitrogens with zero attached hydrogens (tertiary/aromatic N) is 2. The van der Waals surface area contributed by atoms with Gasteiger partial charge < -0.3 is 4.90 Å². The number of hydrogen-bond acceptors (Lipinski definition) is 2. The Morgan fingerprint density at radius 2 is 2.19 bits per heavy atom. The predicted molar refractivity (Wildman–Crippen MR) is 64.8 cm³/mol. The number of anilines is 1. The second-order valence-electron chi connectivity index (χ2n) is 4.17. The van der Waals surface area contributed by atoms with Crippen LogP contribution in [0.25, 0.3) is 0 Å². The highest BCUT2D eigenvalue weighted by atomic mass is 15.2. The van der Waals surface area contributed by atoms with Gasteiger partial charge in [-0.2, -0.15) is 5.26 Å². The van der Waals surface area contributed by atoms with Crippen LogP contribution in [0.1, 0.15) is 30.4 Å². The smallest absolute Gasteiger partial charge is 0.100 e. The number of aryl methyl sites for hydroxylation is 1. The SMILES string of the molecule is Cc1ccc(C#N)cc1N1CCCCC1=N. The highest BCUT2D eigenvalue weighted by molar-refractivity contribution is 5.96. The summed E-state index contributed by atoms with van der Waals surface area (Å²) in [5, 5.41) is 16.8. The fourth-order valence-electron chi connectivity index (χ4n) is 2.07. The van der Waals surface area contributed by atoms with Crippen LogP contribution in [0.5, 0.6) is 0 Å². The van der Waals surface area contributed by atoms with Gasteiger partial charge in [0.1, 0.15) is 5.84 Å². The van der Waals surface area contributed by atoms with Gasteiger partial charge >= 0.3 is 0 Å². The fraction of sp³-hybridized carbons (Fsp3) is 0.385. The number of amidine groups is 1. The Kier molecular flexibility index (Phi) is 2.91. The first kappa shape index (κ1) is 10.7. The largest absolute Gasteiger partial charge is 0.330 e. The van der Waals surface area contributed by atoms with Crippen molar-refractivity contribution in [2.75, 3.05) is 11.4 Å². The van der Waals surface area contributed by atoms with E-state index in [1.165, 1.54) is 0 Å². The van der Waals surface area contributed by atoms with Crippen LogP contribution in [0.4, 0.5) is 5.69 Å². The van der Waals surface area contributed by atoms with E-state index in [2.05, 4.69) is 6.07 Å². The van der Waals surface area contributed by atoms with E-state index in [0.29, 0.717) is 11.4 Å². The van der Waals surface area contributed by atoms with Gasteiger partial charge in [0.05, 0.1) is 11.6 Å². The van der Waals surface area contributed by atoms with Gasteiger partial charge in [0, 0.05) is 18.7 Å². The number of nitriles is 1. The van der Waals surface area contributed by atoms with E-state index in [1.54, 1.807) is 0 Å². The monoisotopic (exact) mass is 213 g/mol. The second-order valence-corrected chi connectivity index (χ2v) is 4.17. The average Bonchev–Trinajstić information content (AvgIpc) is 2.31. The molecule has 1 N–H and O–H groups in total. The van der Waals surface area contributed by atoms with E-state index >= 15 is 0 Å². The van der Waals surface area contributed by atoms with E-state index in [9.17, 15) is 0 Å². The summed E-state index contributed by atoms with van der Waals surface area (Å²) in [7, 11) is 0. The standard InChI is InChI=1S/C13H15N3/c1-10-5-6-11(9-14)8-12(10)16-7-3-2-4-13(16)15/h5-6,8,15H,2-4,7H2,1H3.